The van der Waals surface area contributed by atoms with E-state index in [2.05, 4.69) is 10.3 Å². The molecule has 0 saturated carbocycles. The molecule has 1 saturated heterocycles. The second-order valence-corrected chi connectivity index (χ2v) is 4.54. The van der Waals surface area contributed by atoms with Crippen LogP contribution in [-0.2, 0) is 0 Å². The molecule has 2 heterocycles. The lowest BCUT2D eigenvalue weighted by molar-refractivity contribution is 0.0691. The topological polar surface area (TPSA) is 45.2 Å². The zero-order valence-electron chi connectivity index (χ0n) is 10.5. The summed E-state index contributed by atoms with van der Waals surface area (Å²) in [5.74, 6) is -0.598. The molecule has 1 aromatic heterocycles. The van der Waals surface area contributed by atoms with Crippen LogP contribution in [0.25, 0.3) is 0 Å². The molecule has 1 aromatic rings. The predicted octanol–water partition coefficient (Wildman–Crippen LogP) is 1.43. The van der Waals surface area contributed by atoms with E-state index in [0.717, 1.165) is 32.1 Å². The van der Waals surface area contributed by atoms with Crippen LogP contribution in [0.3, 0.4) is 0 Å². The SMILES string of the molecule is CCCN(C(=O)c1cncc(F)c1)C1CCNC1. The van der Waals surface area contributed by atoms with Crippen LogP contribution in [0.4, 0.5) is 4.39 Å². The van der Waals surface area contributed by atoms with Crippen molar-refractivity contribution in [3.05, 3.63) is 29.8 Å². The number of nitrogens with one attached hydrogen (secondary N) is 1. The smallest absolute Gasteiger partial charge is 0.255 e. The van der Waals surface area contributed by atoms with E-state index in [1.165, 1.54) is 12.3 Å². The number of aromatic nitrogens is 1. The molecule has 0 aromatic carbocycles. The molecule has 1 atom stereocenters. The fraction of sp³-hybridized carbons (Fsp3) is 0.538. The minimum atomic E-state index is -0.471. The normalized spacial score (nSPS) is 18.9. The summed E-state index contributed by atoms with van der Waals surface area (Å²) in [6.45, 7) is 4.47. The molecule has 5 heteroatoms. The second kappa shape index (κ2) is 5.91. The number of pyridine rings is 1. The molecule has 1 unspecified atom stereocenters. The maximum atomic E-state index is 13.1. The molecule has 0 bridgehead atoms. The van der Waals surface area contributed by atoms with Gasteiger partial charge >= 0.3 is 0 Å². The van der Waals surface area contributed by atoms with E-state index in [1.807, 2.05) is 11.8 Å². The fourth-order valence-electron chi connectivity index (χ4n) is 2.29. The molecule has 0 radical (unpaired) electrons. The van der Waals surface area contributed by atoms with Crippen LogP contribution in [0.1, 0.15) is 30.1 Å². The van der Waals surface area contributed by atoms with Crippen LogP contribution >= 0.6 is 0 Å². The highest BCUT2D eigenvalue weighted by Gasteiger charge is 2.26. The Morgan fingerprint density at radius 2 is 2.44 bits per heavy atom. The molecule has 0 spiro atoms. The van der Waals surface area contributed by atoms with Gasteiger partial charge in [0.1, 0.15) is 5.82 Å². The molecule has 1 N–H and O–H groups in total. The number of hydrogen-bond donors (Lipinski definition) is 1. The van der Waals surface area contributed by atoms with Crippen molar-refractivity contribution in [3.63, 3.8) is 0 Å². The molecule has 2 rings (SSSR count). The quantitative estimate of drug-likeness (QED) is 0.880. The largest absolute Gasteiger partial charge is 0.334 e. The van der Waals surface area contributed by atoms with Gasteiger partial charge in [-0.15, -0.1) is 0 Å². The Bertz CT molecular complexity index is 418. The molecule has 1 amide bonds. The first-order valence-corrected chi connectivity index (χ1v) is 6.34. The number of halogens is 1. The van der Waals surface area contributed by atoms with Crippen LogP contribution in [-0.4, -0.2) is 41.5 Å². The average Bonchev–Trinajstić information content (AvgIpc) is 2.89. The van der Waals surface area contributed by atoms with E-state index in [-0.39, 0.29) is 11.9 Å². The number of amides is 1. The van der Waals surface area contributed by atoms with Crippen molar-refractivity contribution in [1.29, 1.82) is 0 Å². The zero-order chi connectivity index (χ0) is 13.0. The molecule has 1 fully saturated rings. The average molecular weight is 251 g/mol. The minimum absolute atomic E-state index is 0.127. The lowest BCUT2D eigenvalue weighted by Crippen LogP contribution is -2.42. The van der Waals surface area contributed by atoms with Gasteiger partial charge in [0.2, 0.25) is 0 Å². The third-order valence-corrected chi connectivity index (χ3v) is 3.15. The van der Waals surface area contributed by atoms with E-state index in [1.54, 1.807) is 0 Å². The molecule has 1 aliphatic heterocycles. The van der Waals surface area contributed by atoms with Gasteiger partial charge in [0.25, 0.3) is 5.91 Å². The molecular formula is C13H18FN3O. The Balaban J connectivity index is 2.17. The third kappa shape index (κ3) is 2.85. The minimum Gasteiger partial charge on any atom is -0.334 e. The summed E-state index contributed by atoms with van der Waals surface area (Å²) in [6, 6.07) is 1.46. The van der Waals surface area contributed by atoms with E-state index in [4.69, 9.17) is 0 Å². The first-order valence-electron chi connectivity index (χ1n) is 6.34. The van der Waals surface area contributed by atoms with Crippen molar-refractivity contribution >= 4 is 5.91 Å². The molecule has 18 heavy (non-hydrogen) atoms. The van der Waals surface area contributed by atoms with Crippen molar-refractivity contribution in [2.24, 2.45) is 0 Å². The van der Waals surface area contributed by atoms with Crippen molar-refractivity contribution in [2.45, 2.75) is 25.8 Å². The summed E-state index contributed by atoms with van der Waals surface area (Å²) in [5.41, 5.74) is 0.329. The van der Waals surface area contributed by atoms with Gasteiger partial charge in [0.15, 0.2) is 0 Å². The second-order valence-electron chi connectivity index (χ2n) is 4.54. The summed E-state index contributed by atoms with van der Waals surface area (Å²) in [5, 5.41) is 3.25. The number of rotatable bonds is 4. The van der Waals surface area contributed by atoms with Crippen molar-refractivity contribution in [3.8, 4) is 0 Å². The number of hydrogen-bond acceptors (Lipinski definition) is 3. The van der Waals surface area contributed by atoms with Gasteiger partial charge in [0.05, 0.1) is 11.8 Å². The maximum Gasteiger partial charge on any atom is 0.255 e. The Hall–Kier alpha value is -1.49. The Labute approximate surface area is 106 Å². The van der Waals surface area contributed by atoms with Crippen LogP contribution in [0.2, 0.25) is 0 Å². The molecule has 4 nitrogen and oxygen atoms in total. The third-order valence-electron chi connectivity index (χ3n) is 3.15. The van der Waals surface area contributed by atoms with Gasteiger partial charge < -0.3 is 10.2 Å². The lowest BCUT2D eigenvalue weighted by atomic mass is 10.1. The van der Waals surface area contributed by atoms with Gasteiger partial charge in [-0.2, -0.15) is 0 Å². The summed E-state index contributed by atoms with van der Waals surface area (Å²) >= 11 is 0. The molecule has 98 valence electrons. The highest BCUT2D eigenvalue weighted by Crippen LogP contribution is 2.14. The molecule has 0 aliphatic carbocycles. The van der Waals surface area contributed by atoms with Gasteiger partial charge in [-0.3, -0.25) is 9.78 Å². The van der Waals surface area contributed by atoms with Crippen molar-refractivity contribution in [2.75, 3.05) is 19.6 Å². The van der Waals surface area contributed by atoms with Gasteiger partial charge in [-0.25, -0.2) is 4.39 Å². The lowest BCUT2D eigenvalue weighted by Gasteiger charge is -2.28. The van der Waals surface area contributed by atoms with Crippen LogP contribution < -0.4 is 5.32 Å². The summed E-state index contributed by atoms with van der Waals surface area (Å²) in [6.07, 6.45) is 4.38. The number of carbonyl (C=O) groups is 1. The summed E-state index contributed by atoms with van der Waals surface area (Å²) in [7, 11) is 0. The first-order chi connectivity index (χ1) is 8.72. The number of carbonyl (C=O) groups excluding carboxylic acids is 1. The highest BCUT2D eigenvalue weighted by atomic mass is 19.1. The highest BCUT2D eigenvalue weighted by molar-refractivity contribution is 5.94. The molecular weight excluding hydrogens is 233 g/mol. The fourth-order valence-corrected chi connectivity index (χ4v) is 2.29. The standard InChI is InChI=1S/C13H18FN3O/c1-2-5-17(12-3-4-15-9-12)13(18)10-6-11(14)8-16-7-10/h6-8,12,15H,2-5,9H2,1H3. The first kappa shape index (κ1) is 13.0. The van der Waals surface area contributed by atoms with Gasteiger partial charge in [-0.05, 0) is 25.5 Å². The van der Waals surface area contributed by atoms with E-state index in [9.17, 15) is 9.18 Å². The monoisotopic (exact) mass is 251 g/mol. The molecule has 1 aliphatic rings. The van der Waals surface area contributed by atoms with E-state index >= 15 is 0 Å². The summed E-state index contributed by atoms with van der Waals surface area (Å²) < 4.78 is 13.1. The summed E-state index contributed by atoms with van der Waals surface area (Å²) in [4.78, 5) is 17.9. The predicted molar refractivity (Wildman–Crippen MR) is 66.8 cm³/mol. The Kier molecular flexibility index (Phi) is 4.25. The Morgan fingerprint density at radius 3 is 3.06 bits per heavy atom. The van der Waals surface area contributed by atoms with E-state index < -0.39 is 5.82 Å². The van der Waals surface area contributed by atoms with Crippen molar-refractivity contribution < 1.29 is 9.18 Å². The van der Waals surface area contributed by atoms with Crippen LogP contribution in [0.5, 0.6) is 0 Å². The zero-order valence-corrected chi connectivity index (χ0v) is 10.5. The van der Waals surface area contributed by atoms with Crippen molar-refractivity contribution in [1.82, 2.24) is 15.2 Å². The van der Waals surface area contributed by atoms with Crippen LogP contribution in [0.15, 0.2) is 18.5 Å². The van der Waals surface area contributed by atoms with Crippen LogP contribution in [0, 0.1) is 5.82 Å². The van der Waals surface area contributed by atoms with E-state index in [0.29, 0.717) is 12.1 Å². The number of nitrogens with zero attached hydrogens (tertiary/aromatic N) is 2. The Morgan fingerprint density at radius 1 is 1.61 bits per heavy atom. The maximum absolute atomic E-state index is 13.1. The van der Waals surface area contributed by atoms with Gasteiger partial charge in [-0.1, -0.05) is 6.92 Å². The van der Waals surface area contributed by atoms with Gasteiger partial charge in [0, 0.05) is 25.3 Å².